The Morgan fingerprint density at radius 2 is 1.45 bits per heavy atom. The van der Waals surface area contributed by atoms with Crippen molar-refractivity contribution in [3.63, 3.8) is 0 Å². The molecule has 4 aromatic heterocycles. The summed E-state index contributed by atoms with van der Waals surface area (Å²) in [5, 5.41) is 2.40. The van der Waals surface area contributed by atoms with Crippen LogP contribution in [0.5, 0.6) is 0 Å². The number of hydrogen-bond donors (Lipinski definition) is 0. The van der Waals surface area contributed by atoms with Crippen molar-refractivity contribution in [2.45, 2.75) is 38.6 Å². The van der Waals surface area contributed by atoms with Crippen LogP contribution in [0, 0.1) is 0 Å². The molecule has 6 nitrogen and oxygen atoms in total. The lowest BCUT2D eigenvalue weighted by molar-refractivity contribution is 0.825. The van der Waals surface area contributed by atoms with Crippen molar-refractivity contribution in [1.82, 2.24) is 19.5 Å². The molecule has 5 heterocycles. The molecule has 1 aliphatic carbocycles. The summed E-state index contributed by atoms with van der Waals surface area (Å²) in [6, 6.07) is 40.9. The van der Waals surface area contributed by atoms with Gasteiger partial charge in [-0.15, -0.1) is 0 Å². The fraction of sp³-hybridized carbons (Fsp3) is 0.156. The number of rotatable bonds is 7. The molecule has 1 aliphatic heterocycles. The molecule has 0 fully saturated rings. The maximum atomic E-state index is 5.15. The third-order valence-electron chi connectivity index (χ3n) is 9.95. The Kier molecular flexibility index (Phi) is 7.85. The molecule has 0 bridgehead atoms. The smallest absolute Gasteiger partial charge is 0.0893 e. The number of pyridine rings is 3. The highest BCUT2D eigenvalue weighted by Crippen LogP contribution is 2.41. The third kappa shape index (κ3) is 5.73. The quantitative estimate of drug-likeness (QED) is 0.159. The van der Waals surface area contributed by atoms with Crippen LogP contribution in [0.2, 0.25) is 0 Å². The maximum Gasteiger partial charge on any atom is 0.0893 e. The maximum absolute atomic E-state index is 5.15. The molecule has 51 heavy (non-hydrogen) atoms. The van der Waals surface area contributed by atoms with E-state index in [0.717, 1.165) is 53.3 Å². The highest BCUT2D eigenvalue weighted by atomic mass is 15.2. The van der Waals surface area contributed by atoms with Crippen molar-refractivity contribution >= 4 is 50.7 Å². The van der Waals surface area contributed by atoms with E-state index in [0.29, 0.717) is 0 Å². The average Bonchev–Trinajstić information content (AvgIpc) is 3.73. The molecule has 0 N–H and O–H groups in total. The second-order valence-electron chi connectivity index (χ2n) is 13.6. The first-order valence-electron chi connectivity index (χ1n) is 17.8. The molecule has 0 radical (unpaired) electrons. The normalized spacial score (nSPS) is 15.9. The van der Waals surface area contributed by atoms with E-state index in [2.05, 4.69) is 156 Å². The Balaban J connectivity index is 0.990. The van der Waals surface area contributed by atoms with Crippen molar-refractivity contribution < 1.29 is 0 Å². The molecule has 0 spiro atoms. The molecule has 0 saturated carbocycles. The molecular formula is C45H38N6. The van der Waals surface area contributed by atoms with E-state index in [1.54, 1.807) is 0 Å². The van der Waals surface area contributed by atoms with Crippen molar-refractivity contribution in [2.24, 2.45) is 4.99 Å². The standard InChI is InChI=1S/C45H38N6/c1-30(2)47-27-33-29-50(43-18-5-3-12-36(33)43)34-22-20-31(21-23-34)39-14-8-16-41(48-39)42-17-9-15-40(49-42)32-10-7-11-35(26-32)51-44-19-6-4-13-37(44)38-28-46-25-24-45(38)51/h3-6,8-10,12-28,30,33H,7,11,29H2,1-2H3. The van der Waals surface area contributed by atoms with Crippen LogP contribution in [0.25, 0.3) is 55.7 Å². The van der Waals surface area contributed by atoms with Gasteiger partial charge >= 0.3 is 0 Å². The highest BCUT2D eigenvalue weighted by molar-refractivity contribution is 6.10. The van der Waals surface area contributed by atoms with Crippen LogP contribution in [0.3, 0.4) is 0 Å². The molecular weight excluding hydrogens is 625 g/mol. The number of aromatic nitrogens is 4. The zero-order valence-corrected chi connectivity index (χ0v) is 28.8. The summed E-state index contributed by atoms with van der Waals surface area (Å²) in [6.45, 7) is 5.13. The molecule has 1 atom stereocenters. The van der Waals surface area contributed by atoms with E-state index in [-0.39, 0.29) is 12.0 Å². The fourth-order valence-corrected chi connectivity index (χ4v) is 7.54. The van der Waals surface area contributed by atoms with Crippen molar-refractivity contribution in [3.8, 4) is 22.6 Å². The summed E-state index contributed by atoms with van der Waals surface area (Å²) in [5.41, 5.74) is 13.2. The molecule has 2 aliphatic rings. The van der Waals surface area contributed by atoms with Gasteiger partial charge in [0.1, 0.15) is 0 Å². The van der Waals surface area contributed by atoms with Gasteiger partial charge < -0.3 is 9.47 Å². The van der Waals surface area contributed by atoms with E-state index in [1.165, 1.54) is 44.4 Å². The van der Waals surface area contributed by atoms with E-state index in [9.17, 15) is 0 Å². The number of allylic oxidation sites excluding steroid dienone is 4. The second kappa shape index (κ2) is 13.0. The molecule has 7 aromatic rings. The zero-order valence-electron chi connectivity index (χ0n) is 28.8. The fourth-order valence-electron chi connectivity index (χ4n) is 7.54. The third-order valence-corrected chi connectivity index (χ3v) is 9.95. The predicted octanol–water partition coefficient (Wildman–Crippen LogP) is 10.7. The molecule has 0 saturated heterocycles. The lowest BCUT2D eigenvalue weighted by Crippen LogP contribution is -2.16. The topological polar surface area (TPSA) is 59.2 Å². The van der Waals surface area contributed by atoms with Crippen molar-refractivity contribution in [3.05, 3.63) is 151 Å². The SMILES string of the molecule is CC(C)N=CC1CN(c2ccc(-c3cccc(-c4cccc(C5=CCCC(n6c7ccccc7c7cnccc76)=C5)n4)n3)cc2)c2ccccc21. The Labute approximate surface area is 298 Å². The Morgan fingerprint density at radius 3 is 2.29 bits per heavy atom. The van der Waals surface area contributed by atoms with Crippen LogP contribution in [0.15, 0.2) is 145 Å². The van der Waals surface area contributed by atoms with Gasteiger partial charge in [0.2, 0.25) is 0 Å². The minimum absolute atomic E-state index is 0.280. The number of anilines is 2. The minimum atomic E-state index is 0.280. The van der Waals surface area contributed by atoms with Crippen LogP contribution >= 0.6 is 0 Å². The summed E-state index contributed by atoms with van der Waals surface area (Å²) in [5.74, 6) is 0.280. The Bertz CT molecular complexity index is 2450. The van der Waals surface area contributed by atoms with Crippen LogP contribution in [-0.4, -0.2) is 38.3 Å². The van der Waals surface area contributed by atoms with Gasteiger partial charge in [0.05, 0.1) is 33.8 Å². The Hall–Kier alpha value is -6.14. The Morgan fingerprint density at radius 1 is 0.725 bits per heavy atom. The largest absolute Gasteiger partial charge is 0.340 e. The lowest BCUT2D eigenvalue weighted by atomic mass is 10.0. The summed E-state index contributed by atoms with van der Waals surface area (Å²) in [6.07, 6.45) is 12.5. The summed E-state index contributed by atoms with van der Waals surface area (Å²) < 4.78 is 2.39. The van der Waals surface area contributed by atoms with Gasteiger partial charge in [-0.2, -0.15) is 0 Å². The number of hydrogen-bond acceptors (Lipinski definition) is 5. The molecule has 1 unspecified atom stereocenters. The van der Waals surface area contributed by atoms with E-state index in [1.807, 2.05) is 18.5 Å². The number of aliphatic imine (C=N–C) groups is 1. The van der Waals surface area contributed by atoms with Gasteiger partial charge in [0.15, 0.2) is 0 Å². The first-order chi connectivity index (χ1) is 25.1. The average molecular weight is 663 g/mol. The summed E-state index contributed by atoms with van der Waals surface area (Å²) in [7, 11) is 0. The lowest BCUT2D eigenvalue weighted by Gasteiger charge is -2.20. The minimum Gasteiger partial charge on any atom is -0.340 e. The molecule has 0 amide bonds. The number of benzene rings is 3. The van der Waals surface area contributed by atoms with Gasteiger partial charge in [0.25, 0.3) is 0 Å². The van der Waals surface area contributed by atoms with Crippen molar-refractivity contribution in [2.75, 3.05) is 11.4 Å². The van der Waals surface area contributed by atoms with Crippen LogP contribution in [0.4, 0.5) is 11.4 Å². The number of nitrogens with zero attached hydrogens (tertiary/aromatic N) is 6. The van der Waals surface area contributed by atoms with E-state index >= 15 is 0 Å². The first kappa shape index (κ1) is 30.9. The summed E-state index contributed by atoms with van der Waals surface area (Å²) in [4.78, 5) is 21.8. The molecule has 248 valence electrons. The van der Waals surface area contributed by atoms with E-state index in [4.69, 9.17) is 15.0 Å². The second-order valence-corrected chi connectivity index (χ2v) is 13.6. The van der Waals surface area contributed by atoms with Crippen LogP contribution in [-0.2, 0) is 0 Å². The number of para-hydroxylation sites is 2. The van der Waals surface area contributed by atoms with Crippen LogP contribution < -0.4 is 4.90 Å². The van der Waals surface area contributed by atoms with Gasteiger partial charge in [-0.1, -0.05) is 66.7 Å². The molecule has 6 heteroatoms. The number of fused-ring (bicyclic) bond motifs is 4. The van der Waals surface area contributed by atoms with Gasteiger partial charge in [-0.3, -0.25) is 9.98 Å². The zero-order chi connectivity index (χ0) is 34.3. The first-order valence-corrected chi connectivity index (χ1v) is 17.8. The van der Waals surface area contributed by atoms with Gasteiger partial charge in [0, 0.05) is 70.5 Å². The van der Waals surface area contributed by atoms with Gasteiger partial charge in [-0.05, 0) is 98.5 Å². The monoisotopic (exact) mass is 662 g/mol. The van der Waals surface area contributed by atoms with Crippen LogP contribution in [0.1, 0.15) is 43.9 Å². The molecule has 3 aromatic carbocycles. The van der Waals surface area contributed by atoms with Crippen molar-refractivity contribution in [1.29, 1.82) is 0 Å². The molecule has 9 rings (SSSR count). The highest BCUT2D eigenvalue weighted by Gasteiger charge is 2.28. The summed E-state index contributed by atoms with van der Waals surface area (Å²) >= 11 is 0. The predicted molar refractivity (Wildman–Crippen MR) is 211 cm³/mol. The van der Waals surface area contributed by atoms with E-state index < -0.39 is 0 Å². The van der Waals surface area contributed by atoms with Gasteiger partial charge in [-0.25, -0.2) is 9.97 Å².